The van der Waals surface area contributed by atoms with Crippen LogP contribution in [0.4, 0.5) is 0 Å². The molecule has 0 aliphatic rings. The van der Waals surface area contributed by atoms with Crippen molar-refractivity contribution in [2.75, 3.05) is 0 Å². The first-order valence-corrected chi connectivity index (χ1v) is 1.68. The van der Waals surface area contributed by atoms with Crippen LogP contribution in [0.25, 0.3) is 11.1 Å². The molecular formula is H3N2Na2O2P. The molecule has 1 atom stereocenters. The molecule has 0 saturated carbocycles. The van der Waals surface area contributed by atoms with E-state index in [1.54, 1.807) is 0 Å². The average molecular weight is 140 g/mol. The standard InChI is InChI=1S/N2.2Na.H3O2P/c1-2;;;1-3-2/h;;;3H2,(H,1,2)/q-2;2*+1;. The van der Waals surface area contributed by atoms with Gasteiger partial charge in [0.15, 0.2) is 8.69 Å². The maximum Gasteiger partial charge on any atom is 1.00 e. The van der Waals surface area contributed by atoms with E-state index in [0.717, 1.165) is 0 Å². The summed E-state index contributed by atoms with van der Waals surface area (Å²) in [6.07, 6.45) is 0. The normalized spacial score (nSPS) is 4.71. The zero-order chi connectivity index (χ0) is 4.71. The largest absolute Gasteiger partial charge is 1.00 e. The zero-order valence-electron chi connectivity index (χ0n) is 4.33. The molecule has 0 aliphatic heterocycles. The molecule has 0 saturated heterocycles. The average Bonchev–Trinajstić information content (AvgIpc) is 1.46. The molecule has 0 radical (unpaired) electrons. The van der Waals surface area contributed by atoms with Crippen LogP contribution in [0.15, 0.2) is 0 Å². The Labute approximate surface area is 87.2 Å². The van der Waals surface area contributed by atoms with Crippen LogP contribution in [0.1, 0.15) is 0 Å². The summed E-state index contributed by atoms with van der Waals surface area (Å²) in [5.74, 6) is 0. The van der Waals surface area contributed by atoms with Crippen molar-refractivity contribution in [2.24, 2.45) is 0 Å². The van der Waals surface area contributed by atoms with Crippen LogP contribution in [0.3, 0.4) is 0 Å². The molecule has 7 heteroatoms. The van der Waals surface area contributed by atoms with Gasteiger partial charge in [-0.1, -0.05) is 0 Å². The number of hydrogen-bond donors (Lipinski definition) is 1. The molecule has 1 N–H and O–H groups in total. The molecule has 7 heavy (non-hydrogen) atoms. The fourth-order valence-electron chi connectivity index (χ4n) is 0. The molecule has 0 spiro atoms. The Kier molecular flexibility index (Phi) is 153. The van der Waals surface area contributed by atoms with Gasteiger partial charge in [-0.25, -0.2) is 0 Å². The maximum absolute atomic E-state index is 8.57. The molecule has 0 aromatic heterocycles. The predicted molar refractivity (Wildman–Crippen MR) is 19.3 cm³/mol. The second kappa shape index (κ2) is 46.1. The van der Waals surface area contributed by atoms with Gasteiger partial charge in [0.1, 0.15) is 0 Å². The molecule has 1 unspecified atom stereocenters. The molecule has 32 valence electrons. The summed E-state index contributed by atoms with van der Waals surface area (Å²) in [4.78, 5) is 7.10. The van der Waals surface area contributed by atoms with E-state index in [0.29, 0.717) is 0 Å². The summed E-state index contributed by atoms with van der Waals surface area (Å²) in [7, 11) is -1.50. The summed E-state index contributed by atoms with van der Waals surface area (Å²) in [6.45, 7) is 0. The second-order valence-corrected chi connectivity index (χ2v) is 0.316. The minimum Gasteiger partial charge on any atom is -1.00 e. The Bertz CT molecular complexity index is 27.7. The SMILES string of the molecule is O=[PH2]O.[N-]=[N-].[Na+].[Na+]. The van der Waals surface area contributed by atoms with Gasteiger partial charge in [0.2, 0.25) is 0 Å². The van der Waals surface area contributed by atoms with Crippen LogP contribution in [0.2, 0.25) is 0 Å². The predicted octanol–water partition coefficient (Wildman–Crippen LogP) is -5.76. The van der Waals surface area contributed by atoms with Crippen molar-refractivity contribution in [3.05, 3.63) is 11.1 Å². The quantitative estimate of drug-likeness (QED) is 0.206. The third-order valence-electron chi connectivity index (χ3n) is 0. The molecule has 0 aliphatic carbocycles. The maximum atomic E-state index is 8.57. The van der Waals surface area contributed by atoms with E-state index in [4.69, 9.17) is 20.5 Å². The number of hydrogen-bond acceptors (Lipinski definition) is 1. The van der Waals surface area contributed by atoms with Crippen LogP contribution >= 0.6 is 8.69 Å². The van der Waals surface area contributed by atoms with E-state index in [1.165, 1.54) is 0 Å². The van der Waals surface area contributed by atoms with Gasteiger partial charge in [0.05, 0.1) is 0 Å². The second-order valence-electron chi connectivity index (χ2n) is 0.105. The van der Waals surface area contributed by atoms with Gasteiger partial charge in [0.25, 0.3) is 0 Å². The molecule has 4 nitrogen and oxygen atoms in total. The summed E-state index contributed by atoms with van der Waals surface area (Å²) in [5.41, 5.74) is 12.0. The summed E-state index contributed by atoms with van der Waals surface area (Å²) < 4.78 is 8.57. The van der Waals surface area contributed by atoms with E-state index >= 15 is 0 Å². The molecule has 0 heterocycles. The Morgan fingerprint density at radius 2 is 1.29 bits per heavy atom. The van der Waals surface area contributed by atoms with Crippen LogP contribution in [0, 0.1) is 0 Å². The van der Waals surface area contributed by atoms with Crippen molar-refractivity contribution in [1.29, 1.82) is 0 Å². The van der Waals surface area contributed by atoms with Crippen LogP contribution in [0.5, 0.6) is 0 Å². The molecule has 0 aromatic carbocycles. The van der Waals surface area contributed by atoms with Crippen molar-refractivity contribution in [1.82, 2.24) is 0 Å². The Morgan fingerprint density at radius 3 is 1.29 bits per heavy atom. The van der Waals surface area contributed by atoms with E-state index in [2.05, 4.69) is 0 Å². The van der Waals surface area contributed by atoms with E-state index in [1.807, 2.05) is 0 Å². The van der Waals surface area contributed by atoms with Crippen molar-refractivity contribution in [2.45, 2.75) is 0 Å². The topological polar surface area (TPSA) is 81.9 Å². The van der Waals surface area contributed by atoms with Crippen LogP contribution in [-0.4, -0.2) is 4.89 Å². The first-order valence-electron chi connectivity index (χ1n) is 0.694. The number of rotatable bonds is 0. The minimum absolute atomic E-state index is 0. The van der Waals surface area contributed by atoms with Gasteiger partial charge in [-0.2, -0.15) is 0 Å². The Morgan fingerprint density at radius 1 is 1.29 bits per heavy atom. The first-order chi connectivity index (χ1) is 2.41. The first kappa shape index (κ1) is 23.2. The van der Waals surface area contributed by atoms with Gasteiger partial charge in [-0.3, -0.25) is 4.57 Å². The van der Waals surface area contributed by atoms with Gasteiger partial charge in [-0.15, -0.1) is 0 Å². The molecule has 0 aromatic rings. The molecule has 0 fully saturated rings. The summed E-state index contributed by atoms with van der Waals surface area (Å²) >= 11 is 0. The zero-order valence-corrected chi connectivity index (χ0v) is 9.48. The van der Waals surface area contributed by atoms with E-state index in [9.17, 15) is 0 Å². The van der Waals surface area contributed by atoms with Crippen molar-refractivity contribution < 1.29 is 68.6 Å². The van der Waals surface area contributed by atoms with Gasteiger partial charge in [-0.05, 0) is 0 Å². The van der Waals surface area contributed by atoms with Crippen molar-refractivity contribution in [3.8, 4) is 0 Å². The fourth-order valence-corrected chi connectivity index (χ4v) is 0. The summed E-state index contributed by atoms with van der Waals surface area (Å²) in [6, 6.07) is 0. The Balaban J connectivity index is -0.0000000105. The fraction of sp³-hybridized carbons (Fsp3) is 0. The van der Waals surface area contributed by atoms with Crippen molar-refractivity contribution in [3.63, 3.8) is 0 Å². The molecule has 0 rings (SSSR count). The van der Waals surface area contributed by atoms with Crippen molar-refractivity contribution >= 4 is 8.69 Å². The number of nitrogens with zero attached hydrogens (tertiary/aromatic N) is 2. The molecule has 0 amide bonds. The molecule has 0 bridgehead atoms. The van der Waals surface area contributed by atoms with E-state index < -0.39 is 8.69 Å². The minimum atomic E-state index is -1.50. The van der Waals surface area contributed by atoms with Crippen LogP contribution in [-0.2, 0) is 4.57 Å². The summed E-state index contributed by atoms with van der Waals surface area (Å²) in [5, 5.41) is 0. The van der Waals surface area contributed by atoms with Gasteiger partial charge < -0.3 is 16.0 Å². The van der Waals surface area contributed by atoms with Gasteiger partial charge in [0, 0.05) is 0 Å². The monoisotopic (exact) mass is 140 g/mol. The smallest absolute Gasteiger partial charge is 1.00 e. The third kappa shape index (κ3) is 81.5. The Hall–Kier alpha value is 1.79. The molecular weight excluding hydrogens is 137 g/mol. The van der Waals surface area contributed by atoms with Crippen LogP contribution < -0.4 is 59.1 Å². The third-order valence-corrected chi connectivity index (χ3v) is 0. The van der Waals surface area contributed by atoms with E-state index in [-0.39, 0.29) is 59.1 Å². The van der Waals surface area contributed by atoms with Gasteiger partial charge >= 0.3 is 59.1 Å².